The van der Waals surface area contributed by atoms with Crippen molar-refractivity contribution in [2.24, 2.45) is 0 Å². The van der Waals surface area contributed by atoms with Crippen LogP contribution in [-0.2, 0) is 0 Å². The van der Waals surface area contributed by atoms with Gasteiger partial charge in [-0.05, 0) is 69.3 Å². The smallest absolute Gasteiger partial charge is 0.164 e. The highest BCUT2D eigenvalue weighted by atomic mass is 15.0. The van der Waals surface area contributed by atoms with Crippen LogP contribution in [0.3, 0.4) is 0 Å². The van der Waals surface area contributed by atoms with Gasteiger partial charge >= 0.3 is 0 Å². The molecule has 0 saturated carbocycles. The Morgan fingerprint density at radius 2 is 0.831 bits per heavy atom. The quantitative estimate of drug-likeness (QED) is 0.170. The van der Waals surface area contributed by atoms with Gasteiger partial charge in [-0.1, -0.05) is 188 Å². The molecule has 0 saturated heterocycles. The second-order valence-corrected chi connectivity index (χ2v) is 14.8. The number of hydrogen-bond acceptors (Lipinski definition) is 3. The van der Waals surface area contributed by atoms with E-state index in [4.69, 9.17) is 15.0 Å². The Hall–Kier alpha value is -7.95. The molecular formula is C55H36N4. The molecule has 2 aromatic heterocycles. The summed E-state index contributed by atoms with van der Waals surface area (Å²) < 4.78 is 2.46. The lowest BCUT2D eigenvalue weighted by molar-refractivity contribution is 1.07. The van der Waals surface area contributed by atoms with Gasteiger partial charge in [0.1, 0.15) is 0 Å². The van der Waals surface area contributed by atoms with Crippen LogP contribution in [0.5, 0.6) is 0 Å². The van der Waals surface area contributed by atoms with Gasteiger partial charge in [0.25, 0.3) is 0 Å². The summed E-state index contributed by atoms with van der Waals surface area (Å²) in [7, 11) is 0. The lowest BCUT2D eigenvalue weighted by Gasteiger charge is -2.21. The molecule has 4 heteroatoms. The van der Waals surface area contributed by atoms with E-state index in [1.165, 1.54) is 50.0 Å². The third-order valence-corrected chi connectivity index (χ3v) is 11.2. The molecule has 0 atom stereocenters. The first-order chi connectivity index (χ1) is 29.3. The Morgan fingerprint density at radius 1 is 0.339 bits per heavy atom. The Kier molecular flexibility index (Phi) is 8.45. The maximum Gasteiger partial charge on any atom is 0.164 e. The lowest BCUT2D eigenvalue weighted by Crippen LogP contribution is -2.02. The van der Waals surface area contributed by atoms with Gasteiger partial charge in [0, 0.05) is 38.9 Å². The molecule has 10 aromatic rings. The molecule has 276 valence electrons. The molecule has 0 radical (unpaired) electrons. The summed E-state index contributed by atoms with van der Waals surface area (Å²) in [5.74, 6) is 1.92. The zero-order valence-corrected chi connectivity index (χ0v) is 32.1. The fraction of sp³-hybridized carbons (Fsp3) is 0. The molecule has 1 aliphatic rings. The number of benzene rings is 8. The summed E-state index contributed by atoms with van der Waals surface area (Å²) in [5, 5.41) is 1.21. The Morgan fingerprint density at radius 3 is 1.53 bits per heavy atom. The number of aromatic nitrogens is 4. The first-order valence-electron chi connectivity index (χ1n) is 19.9. The van der Waals surface area contributed by atoms with Gasteiger partial charge in [-0.25, -0.2) is 15.0 Å². The Bertz CT molecular complexity index is 3140. The summed E-state index contributed by atoms with van der Waals surface area (Å²) in [5.41, 5.74) is 16.8. The van der Waals surface area contributed by atoms with Crippen molar-refractivity contribution >= 4 is 22.6 Å². The van der Waals surface area contributed by atoms with Crippen LogP contribution < -0.4 is 0 Å². The van der Waals surface area contributed by atoms with Crippen LogP contribution in [-0.4, -0.2) is 19.5 Å². The highest BCUT2D eigenvalue weighted by Gasteiger charge is 2.27. The summed E-state index contributed by atoms with van der Waals surface area (Å²) in [6.45, 7) is 0. The number of fused-ring (bicyclic) bond motifs is 7. The Balaban J connectivity index is 1.09. The SMILES string of the molecule is C1=C(\c2ccccc2)c2ccccc2-c2c(n(-c3cccc(-c4cccc(-c5nc(-c6ccccc6)nc(-c6ccccc6)n5)c4)c3)c3ccccc23)-c2ccccc2/1. The second kappa shape index (κ2) is 14.5. The van der Waals surface area contributed by atoms with E-state index in [1.807, 2.05) is 60.7 Å². The van der Waals surface area contributed by atoms with Crippen LogP contribution in [0.2, 0.25) is 0 Å². The summed E-state index contributed by atoms with van der Waals surface area (Å²) in [6.07, 6.45) is 2.37. The van der Waals surface area contributed by atoms with Crippen molar-refractivity contribution in [3.63, 3.8) is 0 Å². The van der Waals surface area contributed by atoms with Crippen LogP contribution in [0.15, 0.2) is 212 Å². The van der Waals surface area contributed by atoms with E-state index >= 15 is 0 Å². The zero-order chi connectivity index (χ0) is 39.1. The Labute approximate surface area is 343 Å². The van der Waals surface area contributed by atoms with Crippen molar-refractivity contribution in [1.29, 1.82) is 0 Å². The number of para-hydroxylation sites is 1. The maximum atomic E-state index is 5.02. The molecule has 11 rings (SSSR count). The minimum absolute atomic E-state index is 0.631. The van der Waals surface area contributed by atoms with E-state index in [1.54, 1.807) is 0 Å². The molecule has 0 bridgehead atoms. The van der Waals surface area contributed by atoms with Crippen molar-refractivity contribution in [2.75, 3.05) is 0 Å². The van der Waals surface area contributed by atoms with Gasteiger partial charge in [0.2, 0.25) is 0 Å². The summed E-state index contributed by atoms with van der Waals surface area (Å²) >= 11 is 0. The molecule has 4 nitrogen and oxygen atoms in total. The van der Waals surface area contributed by atoms with Crippen molar-refractivity contribution in [3.05, 3.63) is 229 Å². The van der Waals surface area contributed by atoms with Crippen LogP contribution in [0.1, 0.15) is 16.7 Å². The average molecular weight is 753 g/mol. The summed E-state index contributed by atoms with van der Waals surface area (Å²) in [6, 6.07) is 74.9. The predicted octanol–water partition coefficient (Wildman–Crippen LogP) is 13.7. The van der Waals surface area contributed by atoms with E-state index in [9.17, 15) is 0 Å². The standard InChI is InChI=1S/C55H36N4/c1-4-18-37(19-5-1)49-36-42-24-10-11-29-45(42)52-51(47-31-13-12-30-46(47)49)48-32-14-15-33-50(48)59(52)44-28-17-26-41(35-44)40-25-16-27-43(34-40)55-57-53(38-20-6-2-7-21-38)56-54(58-55)39-22-8-3-9-23-39/h1-36H/b42-36?,49-36+,49-46?,51-47?,52-45?. The normalized spacial score (nSPS) is 12.7. The molecule has 59 heavy (non-hydrogen) atoms. The largest absolute Gasteiger partial charge is 0.309 e. The van der Waals surface area contributed by atoms with Crippen molar-refractivity contribution < 1.29 is 0 Å². The monoisotopic (exact) mass is 752 g/mol. The van der Waals surface area contributed by atoms with Gasteiger partial charge < -0.3 is 4.57 Å². The third-order valence-electron chi connectivity index (χ3n) is 11.2. The van der Waals surface area contributed by atoms with Gasteiger partial charge in [-0.15, -0.1) is 0 Å². The number of hydrogen-bond donors (Lipinski definition) is 0. The van der Waals surface area contributed by atoms with Crippen LogP contribution in [0, 0.1) is 0 Å². The first-order valence-corrected chi connectivity index (χ1v) is 19.9. The average Bonchev–Trinajstić information content (AvgIpc) is 3.66. The van der Waals surface area contributed by atoms with Crippen molar-refractivity contribution in [1.82, 2.24) is 19.5 Å². The van der Waals surface area contributed by atoms with E-state index in [0.717, 1.165) is 39.0 Å². The van der Waals surface area contributed by atoms with E-state index in [-0.39, 0.29) is 0 Å². The molecule has 0 amide bonds. The van der Waals surface area contributed by atoms with Crippen molar-refractivity contribution in [2.45, 2.75) is 0 Å². The third kappa shape index (κ3) is 6.15. The maximum absolute atomic E-state index is 5.02. The van der Waals surface area contributed by atoms with Crippen LogP contribution in [0.4, 0.5) is 0 Å². The first kappa shape index (κ1) is 34.3. The molecule has 0 unspecified atom stereocenters. The minimum Gasteiger partial charge on any atom is -0.309 e. The molecule has 0 aliphatic heterocycles. The van der Waals surface area contributed by atoms with Crippen molar-refractivity contribution in [3.8, 4) is 73.4 Å². The van der Waals surface area contributed by atoms with Gasteiger partial charge in [-0.2, -0.15) is 0 Å². The van der Waals surface area contributed by atoms with Gasteiger partial charge in [0.05, 0.1) is 11.2 Å². The molecule has 0 spiro atoms. The minimum atomic E-state index is 0.631. The fourth-order valence-corrected chi connectivity index (χ4v) is 8.50. The number of rotatable bonds is 6. The topological polar surface area (TPSA) is 43.6 Å². The predicted molar refractivity (Wildman–Crippen MR) is 243 cm³/mol. The molecular weight excluding hydrogens is 717 g/mol. The fourth-order valence-electron chi connectivity index (χ4n) is 8.50. The molecule has 0 N–H and O–H groups in total. The zero-order valence-electron chi connectivity index (χ0n) is 32.1. The van der Waals surface area contributed by atoms with E-state index in [2.05, 4.69) is 162 Å². The highest BCUT2D eigenvalue weighted by molar-refractivity contribution is 6.12. The molecule has 8 aromatic carbocycles. The number of nitrogens with zero attached hydrogens (tertiary/aromatic N) is 4. The van der Waals surface area contributed by atoms with Crippen LogP contribution in [0.25, 0.3) is 95.9 Å². The summed E-state index contributed by atoms with van der Waals surface area (Å²) in [4.78, 5) is 15.0. The van der Waals surface area contributed by atoms with E-state index < -0.39 is 0 Å². The second-order valence-electron chi connectivity index (χ2n) is 14.8. The van der Waals surface area contributed by atoms with Gasteiger partial charge in [-0.3, -0.25) is 0 Å². The lowest BCUT2D eigenvalue weighted by atomic mass is 9.84. The van der Waals surface area contributed by atoms with Gasteiger partial charge in [0.15, 0.2) is 17.5 Å². The highest BCUT2D eigenvalue weighted by Crippen LogP contribution is 2.49. The molecule has 2 heterocycles. The van der Waals surface area contributed by atoms with Crippen LogP contribution >= 0.6 is 0 Å². The van der Waals surface area contributed by atoms with E-state index in [0.29, 0.717) is 17.5 Å². The molecule has 1 aliphatic carbocycles. The molecule has 0 fully saturated rings.